The molecule has 29 heavy (non-hydrogen) atoms. The Bertz CT molecular complexity index is 919. The second kappa shape index (κ2) is 10.5. The lowest BCUT2D eigenvalue weighted by Gasteiger charge is -2.15. The van der Waals surface area contributed by atoms with E-state index in [0.29, 0.717) is 17.0 Å². The smallest absolute Gasteiger partial charge is 0.325 e. The van der Waals surface area contributed by atoms with Gasteiger partial charge in [0.25, 0.3) is 5.91 Å². The predicted octanol–water partition coefficient (Wildman–Crippen LogP) is 1.80. The SMILES string of the molecule is COC(=O)CNC(=O)Cc1ccc(NC(=O)C(C)Oc2ccccc2C#N)cc1. The van der Waals surface area contributed by atoms with Crippen molar-refractivity contribution in [2.75, 3.05) is 19.0 Å². The van der Waals surface area contributed by atoms with Gasteiger partial charge in [-0.2, -0.15) is 5.26 Å². The van der Waals surface area contributed by atoms with Crippen LogP contribution in [0.2, 0.25) is 0 Å². The van der Waals surface area contributed by atoms with Gasteiger partial charge in [-0.05, 0) is 36.8 Å². The number of carbonyl (C=O) groups is 3. The van der Waals surface area contributed by atoms with Gasteiger partial charge in [0.05, 0.1) is 19.1 Å². The fraction of sp³-hybridized carbons (Fsp3) is 0.238. The Morgan fingerprint density at radius 2 is 1.79 bits per heavy atom. The molecule has 0 saturated heterocycles. The third-order valence-electron chi connectivity index (χ3n) is 3.92. The second-order valence-electron chi connectivity index (χ2n) is 6.08. The number of hydrogen-bond acceptors (Lipinski definition) is 6. The van der Waals surface area contributed by atoms with Crippen molar-refractivity contribution in [3.05, 3.63) is 59.7 Å². The highest BCUT2D eigenvalue weighted by molar-refractivity contribution is 5.94. The van der Waals surface area contributed by atoms with Crippen LogP contribution in [0, 0.1) is 11.3 Å². The predicted molar refractivity (Wildman–Crippen MR) is 105 cm³/mol. The number of carbonyl (C=O) groups excluding carboxylic acids is 3. The van der Waals surface area contributed by atoms with E-state index in [9.17, 15) is 14.4 Å². The lowest BCUT2D eigenvalue weighted by Crippen LogP contribution is -2.31. The average molecular weight is 395 g/mol. The largest absolute Gasteiger partial charge is 0.480 e. The summed E-state index contributed by atoms with van der Waals surface area (Å²) in [4.78, 5) is 35.1. The quantitative estimate of drug-likeness (QED) is 0.658. The number of hydrogen-bond donors (Lipinski definition) is 2. The maximum Gasteiger partial charge on any atom is 0.325 e. The first-order valence-corrected chi connectivity index (χ1v) is 8.82. The van der Waals surface area contributed by atoms with Crippen molar-refractivity contribution in [3.8, 4) is 11.8 Å². The molecule has 0 aromatic heterocycles. The van der Waals surface area contributed by atoms with E-state index in [4.69, 9.17) is 10.00 Å². The molecule has 0 bridgehead atoms. The number of esters is 1. The zero-order valence-electron chi connectivity index (χ0n) is 16.1. The number of ether oxygens (including phenoxy) is 2. The van der Waals surface area contributed by atoms with Gasteiger partial charge in [0, 0.05) is 5.69 Å². The van der Waals surface area contributed by atoms with E-state index in [1.54, 1.807) is 55.5 Å². The van der Waals surface area contributed by atoms with Crippen LogP contribution in [-0.4, -0.2) is 37.5 Å². The lowest BCUT2D eigenvalue weighted by molar-refractivity contribution is -0.141. The van der Waals surface area contributed by atoms with Gasteiger partial charge in [-0.25, -0.2) is 0 Å². The fourth-order valence-electron chi connectivity index (χ4n) is 2.35. The highest BCUT2D eigenvalue weighted by Gasteiger charge is 2.16. The van der Waals surface area contributed by atoms with Gasteiger partial charge in [0.15, 0.2) is 6.10 Å². The molecule has 0 radical (unpaired) electrons. The van der Waals surface area contributed by atoms with Crippen LogP contribution in [0.1, 0.15) is 18.1 Å². The molecule has 8 heteroatoms. The molecular formula is C21H21N3O5. The minimum absolute atomic E-state index is 0.0929. The minimum atomic E-state index is -0.812. The minimum Gasteiger partial charge on any atom is -0.480 e. The molecule has 2 N–H and O–H groups in total. The molecule has 0 saturated carbocycles. The molecule has 0 spiro atoms. The first kappa shape index (κ1) is 21.4. The molecule has 2 aromatic rings. The average Bonchev–Trinajstić information content (AvgIpc) is 2.73. The summed E-state index contributed by atoms with van der Waals surface area (Å²) in [7, 11) is 1.25. The van der Waals surface area contributed by atoms with Gasteiger partial charge in [-0.3, -0.25) is 14.4 Å². The van der Waals surface area contributed by atoms with Crippen LogP contribution in [0.5, 0.6) is 5.75 Å². The molecule has 2 rings (SSSR count). The van der Waals surface area contributed by atoms with Gasteiger partial charge >= 0.3 is 5.97 Å². The Labute approximate surface area is 168 Å². The van der Waals surface area contributed by atoms with Crippen molar-refractivity contribution in [1.29, 1.82) is 5.26 Å². The number of nitrogens with one attached hydrogen (secondary N) is 2. The molecule has 0 aliphatic heterocycles. The van der Waals surface area contributed by atoms with E-state index in [-0.39, 0.29) is 24.8 Å². The zero-order chi connectivity index (χ0) is 21.2. The number of methoxy groups -OCH3 is 1. The second-order valence-corrected chi connectivity index (χ2v) is 6.08. The molecule has 0 heterocycles. The Kier molecular flexibility index (Phi) is 7.74. The Hall–Kier alpha value is -3.86. The highest BCUT2D eigenvalue weighted by Crippen LogP contribution is 2.19. The van der Waals surface area contributed by atoms with E-state index in [2.05, 4.69) is 15.4 Å². The van der Waals surface area contributed by atoms with E-state index < -0.39 is 12.1 Å². The molecule has 2 aromatic carbocycles. The first-order chi connectivity index (χ1) is 13.9. The normalized spacial score (nSPS) is 10.9. The number of nitriles is 1. The summed E-state index contributed by atoms with van der Waals surface area (Å²) in [6, 6.07) is 15.4. The van der Waals surface area contributed by atoms with Crippen LogP contribution in [0.15, 0.2) is 48.5 Å². The van der Waals surface area contributed by atoms with E-state index in [1.807, 2.05) is 6.07 Å². The number of benzene rings is 2. The lowest BCUT2D eigenvalue weighted by atomic mass is 10.1. The number of anilines is 1. The highest BCUT2D eigenvalue weighted by atomic mass is 16.5. The summed E-state index contributed by atoms with van der Waals surface area (Å²) >= 11 is 0. The van der Waals surface area contributed by atoms with E-state index in [0.717, 1.165) is 5.56 Å². The first-order valence-electron chi connectivity index (χ1n) is 8.82. The molecule has 2 amide bonds. The van der Waals surface area contributed by atoms with Gasteiger partial charge in [0.2, 0.25) is 5.91 Å². The van der Waals surface area contributed by atoms with Crippen LogP contribution < -0.4 is 15.4 Å². The van der Waals surface area contributed by atoms with Crippen LogP contribution in [0.3, 0.4) is 0 Å². The van der Waals surface area contributed by atoms with Crippen LogP contribution in [-0.2, 0) is 25.5 Å². The number of nitrogens with zero attached hydrogens (tertiary/aromatic N) is 1. The monoisotopic (exact) mass is 395 g/mol. The maximum atomic E-state index is 12.3. The van der Waals surface area contributed by atoms with Crippen molar-refractivity contribution in [3.63, 3.8) is 0 Å². The van der Waals surface area contributed by atoms with Crippen molar-refractivity contribution in [2.45, 2.75) is 19.4 Å². The third-order valence-corrected chi connectivity index (χ3v) is 3.92. The van der Waals surface area contributed by atoms with Crippen LogP contribution in [0.25, 0.3) is 0 Å². The van der Waals surface area contributed by atoms with Gasteiger partial charge in [0.1, 0.15) is 18.4 Å². The number of para-hydroxylation sites is 1. The molecule has 1 unspecified atom stereocenters. The Morgan fingerprint density at radius 3 is 2.45 bits per heavy atom. The Morgan fingerprint density at radius 1 is 1.10 bits per heavy atom. The molecule has 8 nitrogen and oxygen atoms in total. The molecule has 1 atom stereocenters. The molecular weight excluding hydrogens is 374 g/mol. The van der Waals surface area contributed by atoms with Crippen molar-refractivity contribution in [2.24, 2.45) is 0 Å². The summed E-state index contributed by atoms with van der Waals surface area (Å²) in [6.07, 6.45) is -0.719. The van der Waals surface area contributed by atoms with Crippen LogP contribution >= 0.6 is 0 Å². The number of amides is 2. The summed E-state index contributed by atoms with van der Waals surface area (Å²) < 4.78 is 10.0. The summed E-state index contributed by atoms with van der Waals surface area (Å²) in [6.45, 7) is 1.40. The van der Waals surface area contributed by atoms with Crippen molar-refractivity contribution in [1.82, 2.24) is 5.32 Å². The molecule has 0 fully saturated rings. The van der Waals surface area contributed by atoms with Crippen LogP contribution in [0.4, 0.5) is 5.69 Å². The topological polar surface area (TPSA) is 118 Å². The zero-order valence-corrected chi connectivity index (χ0v) is 16.1. The van der Waals surface area contributed by atoms with Gasteiger partial charge < -0.3 is 20.1 Å². The Balaban J connectivity index is 1.88. The van der Waals surface area contributed by atoms with E-state index in [1.165, 1.54) is 7.11 Å². The van der Waals surface area contributed by atoms with Gasteiger partial charge in [-0.15, -0.1) is 0 Å². The summed E-state index contributed by atoms with van der Waals surface area (Å²) in [5.74, 6) is -0.872. The van der Waals surface area contributed by atoms with E-state index >= 15 is 0 Å². The van der Waals surface area contributed by atoms with Crippen molar-refractivity contribution < 1.29 is 23.9 Å². The summed E-state index contributed by atoms with van der Waals surface area (Å²) in [5.41, 5.74) is 1.61. The molecule has 150 valence electrons. The standard InChI is InChI=1S/C21H21N3O5/c1-14(29-18-6-4-3-5-16(18)12-22)21(27)24-17-9-7-15(8-10-17)11-19(25)23-13-20(26)28-2/h3-10,14H,11,13H2,1-2H3,(H,23,25)(H,24,27). The third kappa shape index (κ3) is 6.66. The van der Waals surface area contributed by atoms with Crippen molar-refractivity contribution >= 4 is 23.5 Å². The summed E-state index contributed by atoms with van der Waals surface area (Å²) in [5, 5.41) is 14.3. The maximum absolute atomic E-state index is 12.3. The number of rotatable bonds is 8. The fourth-order valence-corrected chi connectivity index (χ4v) is 2.35. The molecule has 0 aliphatic rings. The molecule has 0 aliphatic carbocycles. The van der Waals surface area contributed by atoms with Gasteiger partial charge in [-0.1, -0.05) is 24.3 Å².